The van der Waals surface area contributed by atoms with Crippen LogP contribution in [-0.2, 0) is 11.3 Å². The van der Waals surface area contributed by atoms with Crippen molar-refractivity contribution in [3.8, 4) is 0 Å². The highest BCUT2D eigenvalue weighted by molar-refractivity contribution is 4.99. The molecular formula is C10H17N3O. The Balaban J connectivity index is 2.00. The monoisotopic (exact) mass is 195 g/mol. The molecule has 1 aliphatic rings. The topological polar surface area (TPSA) is 39.1 Å². The molecule has 1 N–H and O–H groups in total. The molecule has 4 nitrogen and oxygen atoms in total. The van der Waals surface area contributed by atoms with Crippen LogP contribution in [0.15, 0.2) is 12.3 Å². The van der Waals surface area contributed by atoms with Crippen LogP contribution in [0.4, 0.5) is 0 Å². The molecule has 1 fully saturated rings. The van der Waals surface area contributed by atoms with Crippen LogP contribution in [0.5, 0.6) is 0 Å². The molecule has 0 aromatic carbocycles. The summed E-state index contributed by atoms with van der Waals surface area (Å²) in [5, 5.41) is 7.59. The van der Waals surface area contributed by atoms with Crippen molar-refractivity contribution >= 4 is 0 Å². The van der Waals surface area contributed by atoms with E-state index in [0.29, 0.717) is 6.04 Å². The first-order valence-corrected chi connectivity index (χ1v) is 5.16. The van der Waals surface area contributed by atoms with Gasteiger partial charge in [-0.25, -0.2) is 0 Å². The maximum atomic E-state index is 5.43. The van der Waals surface area contributed by atoms with Gasteiger partial charge in [-0.2, -0.15) is 5.10 Å². The minimum absolute atomic E-state index is 0.439. The van der Waals surface area contributed by atoms with Crippen molar-refractivity contribution in [3.05, 3.63) is 18.0 Å². The first-order valence-electron chi connectivity index (χ1n) is 5.16. The van der Waals surface area contributed by atoms with Crippen molar-refractivity contribution in [2.75, 3.05) is 20.3 Å². The summed E-state index contributed by atoms with van der Waals surface area (Å²) in [6, 6.07) is 2.50. The third-order valence-electron chi connectivity index (χ3n) is 2.53. The Morgan fingerprint density at radius 2 is 2.64 bits per heavy atom. The summed E-state index contributed by atoms with van der Waals surface area (Å²) in [7, 11) is 1.93. The third-order valence-corrected chi connectivity index (χ3v) is 2.53. The van der Waals surface area contributed by atoms with Gasteiger partial charge in [-0.15, -0.1) is 0 Å². The number of rotatable bonds is 3. The maximum Gasteiger partial charge on any atom is 0.0762 e. The summed E-state index contributed by atoms with van der Waals surface area (Å²) in [6.45, 7) is 2.54. The first kappa shape index (κ1) is 9.68. The smallest absolute Gasteiger partial charge is 0.0762 e. The zero-order chi connectivity index (χ0) is 9.80. The largest absolute Gasteiger partial charge is 0.379 e. The minimum Gasteiger partial charge on any atom is -0.379 e. The number of hydrogen-bond donors (Lipinski definition) is 1. The lowest BCUT2D eigenvalue weighted by Crippen LogP contribution is -2.21. The second-order valence-corrected chi connectivity index (χ2v) is 3.69. The molecule has 1 aromatic heterocycles. The Bertz CT molecular complexity index is 279. The van der Waals surface area contributed by atoms with Gasteiger partial charge >= 0.3 is 0 Å². The van der Waals surface area contributed by atoms with Gasteiger partial charge in [0, 0.05) is 19.3 Å². The van der Waals surface area contributed by atoms with Crippen molar-refractivity contribution in [1.29, 1.82) is 0 Å². The molecule has 14 heavy (non-hydrogen) atoms. The van der Waals surface area contributed by atoms with Crippen LogP contribution in [0.3, 0.4) is 0 Å². The Morgan fingerprint density at radius 1 is 1.71 bits per heavy atom. The number of aromatic nitrogens is 2. The summed E-state index contributed by atoms with van der Waals surface area (Å²) in [5.74, 6) is 0. The van der Waals surface area contributed by atoms with Gasteiger partial charge in [-0.05, 0) is 26.0 Å². The summed E-state index contributed by atoms with van der Waals surface area (Å²) in [6.07, 6.45) is 4.37. The minimum atomic E-state index is 0.439. The molecule has 0 radical (unpaired) electrons. The predicted molar refractivity (Wildman–Crippen MR) is 54.1 cm³/mol. The van der Waals surface area contributed by atoms with E-state index >= 15 is 0 Å². The molecule has 1 atom stereocenters. The van der Waals surface area contributed by atoms with Crippen molar-refractivity contribution in [1.82, 2.24) is 15.1 Å². The van der Waals surface area contributed by atoms with Gasteiger partial charge in [-0.1, -0.05) is 0 Å². The Morgan fingerprint density at radius 3 is 3.36 bits per heavy atom. The Hall–Kier alpha value is -0.870. The van der Waals surface area contributed by atoms with Crippen LogP contribution in [0.1, 0.15) is 24.6 Å². The predicted octanol–water partition coefficient (Wildman–Crippen LogP) is 0.954. The first-order chi connectivity index (χ1) is 6.90. The summed E-state index contributed by atoms with van der Waals surface area (Å²) < 4.78 is 7.46. The van der Waals surface area contributed by atoms with Crippen LogP contribution < -0.4 is 5.32 Å². The molecule has 4 heteroatoms. The second-order valence-electron chi connectivity index (χ2n) is 3.69. The van der Waals surface area contributed by atoms with E-state index in [1.807, 2.05) is 17.9 Å². The van der Waals surface area contributed by atoms with Crippen molar-refractivity contribution in [3.63, 3.8) is 0 Å². The SMILES string of the molecule is CNCc1ccn(C2CCCOC2)n1. The van der Waals surface area contributed by atoms with E-state index in [4.69, 9.17) is 4.74 Å². The zero-order valence-corrected chi connectivity index (χ0v) is 8.57. The molecule has 1 aromatic rings. The lowest BCUT2D eigenvalue weighted by molar-refractivity contribution is 0.0548. The van der Waals surface area contributed by atoms with Gasteiger partial charge in [0.2, 0.25) is 0 Å². The lowest BCUT2D eigenvalue weighted by Gasteiger charge is -2.22. The molecule has 0 saturated carbocycles. The molecule has 2 heterocycles. The standard InChI is InChI=1S/C10H17N3O/c1-11-7-9-4-5-13(12-9)10-3-2-6-14-8-10/h4-5,10-11H,2-3,6-8H2,1H3. The van der Waals surface area contributed by atoms with E-state index in [1.165, 1.54) is 6.42 Å². The highest BCUT2D eigenvalue weighted by atomic mass is 16.5. The number of nitrogens with zero attached hydrogens (tertiary/aromatic N) is 2. The van der Waals surface area contributed by atoms with E-state index in [2.05, 4.69) is 16.5 Å². The van der Waals surface area contributed by atoms with E-state index in [1.54, 1.807) is 0 Å². The van der Waals surface area contributed by atoms with Crippen molar-refractivity contribution in [2.24, 2.45) is 0 Å². The highest BCUT2D eigenvalue weighted by Crippen LogP contribution is 2.18. The third kappa shape index (κ3) is 2.13. The van der Waals surface area contributed by atoms with Crippen LogP contribution in [0, 0.1) is 0 Å². The fourth-order valence-electron chi connectivity index (χ4n) is 1.79. The molecule has 0 spiro atoms. The summed E-state index contributed by atoms with van der Waals surface area (Å²) in [5.41, 5.74) is 1.10. The number of hydrogen-bond acceptors (Lipinski definition) is 3. The van der Waals surface area contributed by atoms with E-state index in [9.17, 15) is 0 Å². The molecule has 1 saturated heterocycles. The van der Waals surface area contributed by atoms with Crippen molar-refractivity contribution in [2.45, 2.75) is 25.4 Å². The van der Waals surface area contributed by atoms with Gasteiger partial charge in [0.25, 0.3) is 0 Å². The molecule has 0 aliphatic carbocycles. The fraction of sp³-hybridized carbons (Fsp3) is 0.700. The number of nitrogens with one attached hydrogen (secondary N) is 1. The average molecular weight is 195 g/mol. The second kappa shape index (κ2) is 4.57. The number of ether oxygens (including phenoxy) is 1. The van der Waals surface area contributed by atoms with Crippen LogP contribution in [-0.4, -0.2) is 30.0 Å². The maximum absolute atomic E-state index is 5.43. The molecule has 78 valence electrons. The quantitative estimate of drug-likeness (QED) is 0.780. The van der Waals surface area contributed by atoms with Gasteiger partial charge < -0.3 is 10.1 Å². The van der Waals surface area contributed by atoms with E-state index < -0.39 is 0 Å². The van der Waals surface area contributed by atoms with Crippen LogP contribution in [0.2, 0.25) is 0 Å². The molecule has 1 unspecified atom stereocenters. The van der Waals surface area contributed by atoms with Crippen LogP contribution >= 0.6 is 0 Å². The molecule has 0 amide bonds. The van der Waals surface area contributed by atoms with Crippen molar-refractivity contribution < 1.29 is 4.74 Å². The average Bonchev–Trinajstić information content (AvgIpc) is 2.68. The van der Waals surface area contributed by atoms with Gasteiger partial charge in [0.05, 0.1) is 18.3 Å². The normalized spacial score (nSPS) is 22.5. The van der Waals surface area contributed by atoms with E-state index in [0.717, 1.165) is 31.9 Å². The summed E-state index contributed by atoms with van der Waals surface area (Å²) >= 11 is 0. The van der Waals surface area contributed by atoms with Crippen LogP contribution in [0.25, 0.3) is 0 Å². The molecular weight excluding hydrogens is 178 g/mol. The Kier molecular flexibility index (Phi) is 3.16. The fourth-order valence-corrected chi connectivity index (χ4v) is 1.79. The van der Waals surface area contributed by atoms with Gasteiger partial charge in [0.1, 0.15) is 0 Å². The molecule has 0 bridgehead atoms. The van der Waals surface area contributed by atoms with E-state index in [-0.39, 0.29) is 0 Å². The molecule has 1 aliphatic heterocycles. The van der Waals surface area contributed by atoms with Gasteiger partial charge in [-0.3, -0.25) is 4.68 Å². The Labute approximate surface area is 84.3 Å². The highest BCUT2D eigenvalue weighted by Gasteiger charge is 2.16. The van der Waals surface area contributed by atoms with Gasteiger partial charge in [0.15, 0.2) is 0 Å². The molecule has 2 rings (SSSR count). The summed E-state index contributed by atoms with van der Waals surface area (Å²) in [4.78, 5) is 0. The lowest BCUT2D eigenvalue weighted by atomic mass is 10.1. The zero-order valence-electron chi connectivity index (χ0n) is 8.57.